The number of carbonyl (C=O) groups excluding carboxylic acids is 1. The molecule has 0 spiro atoms. The average molecular weight is 220 g/mol. The number of aryl methyl sites for hydroxylation is 1. The number of nitrogens with zero attached hydrogens (tertiary/aromatic N) is 1. The molecule has 4 heteroatoms. The summed E-state index contributed by atoms with van der Waals surface area (Å²) in [7, 11) is 0. The van der Waals surface area contributed by atoms with E-state index in [1.165, 1.54) is 0 Å². The van der Waals surface area contributed by atoms with Crippen molar-refractivity contribution < 1.29 is 9.53 Å². The molecular weight excluding hydrogens is 204 g/mol. The molecule has 0 amide bonds. The second kappa shape index (κ2) is 4.61. The molecule has 2 rings (SSSR count). The van der Waals surface area contributed by atoms with Crippen LogP contribution in [0.3, 0.4) is 0 Å². The van der Waals surface area contributed by atoms with Gasteiger partial charge in [-0.15, -0.1) is 0 Å². The van der Waals surface area contributed by atoms with Crippen LogP contribution >= 0.6 is 0 Å². The van der Waals surface area contributed by atoms with E-state index in [0.29, 0.717) is 18.0 Å². The number of nitrogens with two attached hydrogens (primary N) is 1. The molecule has 1 aromatic heterocycles. The van der Waals surface area contributed by atoms with Gasteiger partial charge in [-0.25, -0.2) is 4.98 Å². The van der Waals surface area contributed by atoms with E-state index in [1.807, 2.05) is 13.0 Å². The maximum Gasteiger partial charge on any atom is 0.172 e. The largest absolute Gasteiger partial charge is 0.383 e. The molecule has 0 aliphatic carbocycles. The van der Waals surface area contributed by atoms with E-state index in [0.717, 1.165) is 25.0 Å². The number of Topliss-reactive ketones (excluding diaryl/α,β-unsaturated/α-hetero) is 1. The van der Waals surface area contributed by atoms with Crippen LogP contribution < -0.4 is 5.73 Å². The summed E-state index contributed by atoms with van der Waals surface area (Å²) in [5, 5.41) is 0. The summed E-state index contributed by atoms with van der Waals surface area (Å²) in [4.78, 5) is 16.2. The molecule has 1 unspecified atom stereocenters. The summed E-state index contributed by atoms with van der Waals surface area (Å²) in [6.45, 7) is 3.15. The maximum absolute atomic E-state index is 12.2. The SMILES string of the molecule is Cc1ccnc(N)c1C(=O)C1CCCOC1. The molecule has 0 saturated carbocycles. The van der Waals surface area contributed by atoms with Gasteiger partial charge in [0.1, 0.15) is 5.82 Å². The highest BCUT2D eigenvalue weighted by Crippen LogP contribution is 2.23. The van der Waals surface area contributed by atoms with Gasteiger partial charge in [0.05, 0.1) is 12.2 Å². The Hall–Kier alpha value is -1.42. The average Bonchev–Trinajstić information content (AvgIpc) is 2.30. The van der Waals surface area contributed by atoms with Crippen molar-refractivity contribution in [1.29, 1.82) is 0 Å². The molecule has 4 nitrogen and oxygen atoms in total. The van der Waals surface area contributed by atoms with E-state index >= 15 is 0 Å². The Morgan fingerprint density at radius 1 is 1.62 bits per heavy atom. The molecule has 0 bridgehead atoms. The van der Waals surface area contributed by atoms with Gasteiger partial charge in [-0.2, -0.15) is 0 Å². The number of nitrogen functional groups attached to an aromatic ring is 1. The molecule has 1 aliphatic rings. The number of ether oxygens (including phenoxy) is 1. The van der Waals surface area contributed by atoms with Crippen molar-refractivity contribution in [2.24, 2.45) is 5.92 Å². The van der Waals surface area contributed by atoms with Gasteiger partial charge < -0.3 is 10.5 Å². The van der Waals surface area contributed by atoms with Crippen molar-refractivity contribution in [1.82, 2.24) is 4.98 Å². The molecule has 1 atom stereocenters. The first-order chi connectivity index (χ1) is 7.70. The molecule has 1 saturated heterocycles. The third-order valence-electron chi connectivity index (χ3n) is 2.97. The van der Waals surface area contributed by atoms with Gasteiger partial charge in [0.25, 0.3) is 0 Å². The number of pyridine rings is 1. The topological polar surface area (TPSA) is 65.2 Å². The Labute approximate surface area is 94.8 Å². The lowest BCUT2D eigenvalue weighted by molar-refractivity contribution is 0.0461. The van der Waals surface area contributed by atoms with Crippen molar-refractivity contribution >= 4 is 11.6 Å². The van der Waals surface area contributed by atoms with Crippen molar-refractivity contribution in [3.63, 3.8) is 0 Å². The predicted molar refractivity (Wildman–Crippen MR) is 61.3 cm³/mol. The molecular formula is C12H16N2O2. The summed E-state index contributed by atoms with van der Waals surface area (Å²) in [6, 6.07) is 1.81. The fourth-order valence-corrected chi connectivity index (χ4v) is 2.05. The van der Waals surface area contributed by atoms with E-state index < -0.39 is 0 Å². The number of hydrogen-bond acceptors (Lipinski definition) is 4. The summed E-state index contributed by atoms with van der Waals surface area (Å²) in [5.41, 5.74) is 7.22. The lowest BCUT2D eigenvalue weighted by atomic mass is 9.91. The van der Waals surface area contributed by atoms with Crippen LogP contribution in [0.1, 0.15) is 28.8 Å². The molecule has 2 heterocycles. The number of rotatable bonds is 2. The Bertz CT molecular complexity index is 378. The highest BCUT2D eigenvalue weighted by molar-refractivity contribution is 6.02. The van der Waals surface area contributed by atoms with Crippen LogP contribution in [0.25, 0.3) is 0 Å². The minimum atomic E-state index is -0.0565. The minimum absolute atomic E-state index is 0.0565. The summed E-state index contributed by atoms with van der Waals surface area (Å²) in [6.07, 6.45) is 3.45. The zero-order chi connectivity index (χ0) is 11.5. The molecule has 1 fully saturated rings. The molecule has 86 valence electrons. The van der Waals surface area contributed by atoms with Crippen LogP contribution in [-0.2, 0) is 4.74 Å². The smallest absolute Gasteiger partial charge is 0.172 e. The van der Waals surface area contributed by atoms with Crippen molar-refractivity contribution in [2.75, 3.05) is 18.9 Å². The third-order valence-corrected chi connectivity index (χ3v) is 2.97. The van der Waals surface area contributed by atoms with Gasteiger partial charge in [0.2, 0.25) is 0 Å². The first-order valence-corrected chi connectivity index (χ1v) is 5.53. The van der Waals surface area contributed by atoms with Crippen molar-refractivity contribution in [3.8, 4) is 0 Å². The van der Waals surface area contributed by atoms with Crippen molar-refractivity contribution in [3.05, 3.63) is 23.4 Å². The van der Waals surface area contributed by atoms with Crippen molar-refractivity contribution in [2.45, 2.75) is 19.8 Å². The molecule has 16 heavy (non-hydrogen) atoms. The standard InChI is InChI=1S/C12H16N2O2/c1-8-4-5-14-12(13)10(8)11(15)9-3-2-6-16-7-9/h4-5,9H,2-3,6-7H2,1H3,(H2,13,14). The van der Waals surface area contributed by atoms with Crippen LogP contribution in [0.5, 0.6) is 0 Å². The highest BCUT2D eigenvalue weighted by Gasteiger charge is 2.25. The number of anilines is 1. The number of hydrogen-bond donors (Lipinski definition) is 1. The van der Waals surface area contributed by atoms with E-state index in [4.69, 9.17) is 10.5 Å². The van der Waals surface area contributed by atoms with Gasteiger partial charge in [-0.1, -0.05) is 0 Å². The Kier molecular flexibility index (Phi) is 3.19. The fourth-order valence-electron chi connectivity index (χ4n) is 2.05. The van der Waals surface area contributed by atoms with Gasteiger partial charge in [0, 0.05) is 18.7 Å². The lowest BCUT2D eigenvalue weighted by Gasteiger charge is -2.21. The van der Waals surface area contributed by atoms with E-state index in [-0.39, 0.29) is 11.7 Å². The van der Waals surface area contributed by atoms with Crippen LogP contribution in [0.15, 0.2) is 12.3 Å². The second-order valence-corrected chi connectivity index (χ2v) is 4.17. The Morgan fingerprint density at radius 2 is 2.44 bits per heavy atom. The quantitative estimate of drug-likeness (QED) is 0.768. The number of ketones is 1. The van der Waals surface area contributed by atoms with Crippen LogP contribution in [0, 0.1) is 12.8 Å². The number of carbonyl (C=O) groups is 1. The van der Waals surface area contributed by atoms with Gasteiger partial charge in [-0.3, -0.25) is 4.79 Å². The van der Waals surface area contributed by atoms with Gasteiger partial charge in [0.15, 0.2) is 5.78 Å². The molecule has 0 radical (unpaired) electrons. The first kappa shape index (κ1) is 11.1. The normalized spacial score (nSPS) is 20.7. The molecule has 2 N–H and O–H groups in total. The van der Waals surface area contributed by atoms with E-state index in [9.17, 15) is 4.79 Å². The van der Waals surface area contributed by atoms with Crippen LogP contribution in [-0.4, -0.2) is 24.0 Å². The minimum Gasteiger partial charge on any atom is -0.383 e. The van der Waals surface area contributed by atoms with E-state index in [2.05, 4.69) is 4.98 Å². The molecule has 1 aromatic rings. The summed E-state index contributed by atoms with van der Waals surface area (Å²) >= 11 is 0. The van der Waals surface area contributed by atoms with Crippen LogP contribution in [0.4, 0.5) is 5.82 Å². The maximum atomic E-state index is 12.2. The highest BCUT2D eigenvalue weighted by atomic mass is 16.5. The monoisotopic (exact) mass is 220 g/mol. The van der Waals surface area contributed by atoms with Gasteiger partial charge >= 0.3 is 0 Å². The van der Waals surface area contributed by atoms with E-state index in [1.54, 1.807) is 6.20 Å². The zero-order valence-corrected chi connectivity index (χ0v) is 9.40. The fraction of sp³-hybridized carbons (Fsp3) is 0.500. The molecule has 1 aliphatic heterocycles. The summed E-state index contributed by atoms with van der Waals surface area (Å²) in [5.74, 6) is 0.345. The first-order valence-electron chi connectivity index (χ1n) is 5.53. The third kappa shape index (κ3) is 2.07. The van der Waals surface area contributed by atoms with Gasteiger partial charge in [-0.05, 0) is 31.4 Å². The Morgan fingerprint density at radius 3 is 3.06 bits per heavy atom. The molecule has 0 aromatic carbocycles. The second-order valence-electron chi connectivity index (χ2n) is 4.17. The zero-order valence-electron chi connectivity index (χ0n) is 9.40. The Balaban J connectivity index is 2.26. The number of aromatic nitrogens is 1. The predicted octanol–water partition coefficient (Wildman–Crippen LogP) is 1.58. The summed E-state index contributed by atoms with van der Waals surface area (Å²) < 4.78 is 5.32. The van der Waals surface area contributed by atoms with Crippen LogP contribution in [0.2, 0.25) is 0 Å². The lowest BCUT2D eigenvalue weighted by Crippen LogP contribution is -2.26.